The summed E-state index contributed by atoms with van der Waals surface area (Å²) in [4.78, 5) is 24.8. The molecule has 0 bridgehead atoms. The summed E-state index contributed by atoms with van der Waals surface area (Å²) in [5.41, 5.74) is 2.09. The van der Waals surface area contributed by atoms with Gasteiger partial charge in [-0.25, -0.2) is 13.9 Å². The number of nitriles is 1. The Morgan fingerprint density at radius 3 is 2.79 bits per heavy atom. The molecule has 0 unspecified atom stereocenters. The van der Waals surface area contributed by atoms with Crippen LogP contribution in [-0.4, -0.2) is 9.66 Å². The normalized spacial score (nSPS) is 9.95. The molecule has 0 saturated heterocycles. The first-order valence-corrected chi connectivity index (χ1v) is 5.30. The lowest BCUT2D eigenvalue weighted by molar-refractivity contribution is 0.626. The van der Waals surface area contributed by atoms with E-state index < -0.39 is 17.1 Å². The van der Waals surface area contributed by atoms with Gasteiger partial charge in [0.2, 0.25) is 0 Å². The summed E-state index contributed by atoms with van der Waals surface area (Å²) in [6.45, 7) is 1.66. The van der Waals surface area contributed by atoms with E-state index in [1.807, 2.05) is 4.98 Å². The fraction of sp³-hybridized carbons (Fsp3) is 0.0833. The van der Waals surface area contributed by atoms with Crippen molar-refractivity contribution < 1.29 is 4.39 Å². The Hall–Kier alpha value is -2.88. The molecule has 0 aliphatic heterocycles. The van der Waals surface area contributed by atoms with Gasteiger partial charge in [0.1, 0.15) is 17.4 Å². The minimum absolute atomic E-state index is 0.202. The lowest BCUT2D eigenvalue weighted by atomic mass is 10.2. The fourth-order valence-electron chi connectivity index (χ4n) is 1.52. The zero-order chi connectivity index (χ0) is 14.0. The van der Waals surface area contributed by atoms with Gasteiger partial charge in [-0.2, -0.15) is 5.26 Å². The molecule has 0 amide bonds. The number of anilines is 1. The number of halogens is 1. The predicted molar refractivity (Wildman–Crippen MR) is 66.2 cm³/mol. The third-order valence-electron chi connectivity index (χ3n) is 2.49. The van der Waals surface area contributed by atoms with Crippen molar-refractivity contribution in [3.63, 3.8) is 0 Å². The first kappa shape index (κ1) is 12.6. The van der Waals surface area contributed by atoms with Crippen LogP contribution in [0.15, 0.2) is 34.0 Å². The molecule has 0 atom stereocenters. The molecule has 1 aromatic heterocycles. The van der Waals surface area contributed by atoms with Crippen LogP contribution < -0.4 is 16.7 Å². The molecule has 0 aliphatic rings. The summed E-state index contributed by atoms with van der Waals surface area (Å²) in [5, 5.41) is 8.73. The van der Waals surface area contributed by atoms with Crippen LogP contribution in [0.25, 0.3) is 0 Å². The molecular weight excluding hydrogens is 251 g/mol. The summed E-state index contributed by atoms with van der Waals surface area (Å²) in [6, 6.07) is 5.65. The van der Waals surface area contributed by atoms with Gasteiger partial charge in [0, 0.05) is 0 Å². The number of nitrogens with one attached hydrogen (secondary N) is 2. The minimum Gasteiger partial charge on any atom is -0.290 e. The molecule has 19 heavy (non-hydrogen) atoms. The third kappa shape index (κ3) is 2.52. The second-order valence-corrected chi connectivity index (χ2v) is 3.85. The number of aromatic nitrogens is 2. The Morgan fingerprint density at radius 2 is 2.16 bits per heavy atom. The molecule has 1 heterocycles. The predicted octanol–water partition coefficient (Wildman–Crippen LogP) is 0.731. The monoisotopic (exact) mass is 260 g/mol. The van der Waals surface area contributed by atoms with Crippen LogP contribution in [-0.2, 0) is 0 Å². The lowest BCUT2D eigenvalue weighted by Gasteiger charge is -2.11. The number of benzene rings is 1. The largest absolute Gasteiger partial charge is 0.347 e. The van der Waals surface area contributed by atoms with Gasteiger partial charge in [0.05, 0.1) is 11.9 Å². The van der Waals surface area contributed by atoms with E-state index in [-0.39, 0.29) is 5.56 Å². The van der Waals surface area contributed by atoms with Gasteiger partial charge in [-0.1, -0.05) is 0 Å². The zero-order valence-corrected chi connectivity index (χ0v) is 9.90. The summed E-state index contributed by atoms with van der Waals surface area (Å²) in [5.74, 6) is -0.394. The van der Waals surface area contributed by atoms with E-state index in [2.05, 4.69) is 5.43 Å². The van der Waals surface area contributed by atoms with Crippen molar-refractivity contribution in [3.8, 4) is 6.07 Å². The number of hydrogen-bond donors (Lipinski definition) is 2. The Balaban J connectivity index is 2.47. The number of H-pyrrole nitrogens is 1. The molecule has 96 valence electrons. The first-order valence-electron chi connectivity index (χ1n) is 5.30. The van der Waals surface area contributed by atoms with Crippen LogP contribution in [0.5, 0.6) is 0 Å². The van der Waals surface area contributed by atoms with Crippen molar-refractivity contribution in [3.05, 3.63) is 62.2 Å². The maximum absolute atomic E-state index is 13.0. The van der Waals surface area contributed by atoms with Crippen molar-refractivity contribution in [1.82, 2.24) is 9.66 Å². The van der Waals surface area contributed by atoms with E-state index in [1.165, 1.54) is 18.2 Å². The fourth-order valence-corrected chi connectivity index (χ4v) is 1.52. The molecule has 2 N–H and O–H groups in total. The van der Waals surface area contributed by atoms with Crippen molar-refractivity contribution in [1.29, 1.82) is 5.26 Å². The van der Waals surface area contributed by atoms with Gasteiger partial charge in [-0.05, 0) is 30.7 Å². The number of hydrogen-bond acceptors (Lipinski definition) is 4. The summed E-state index contributed by atoms with van der Waals surface area (Å²) in [6.07, 6.45) is 1.09. The summed E-state index contributed by atoms with van der Waals surface area (Å²) in [7, 11) is 0. The first-order chi connectivity index (χ1) is 9.01. The minimum atomic E-state index is -0.749. The van der Waals surface area contributed by atoms with Gasteiger partial charge >= 0.3 is 5.69 Å². The molecule has 0 spiro atoms. The Labute approximate surface area is 106 Å². The van der Waals surface area contributed by atoms with Crippen LogP contribution in [0.4, 0.5) is 10.1 Å². The second-order valence-electron chi connectivity index (χ2n) is 3.85. The summed E-state index contributed by atoms with van der Waals surface area (Å²) >= 11 is 0. The average Bonchev–Trinajstić information content (AvgIpc) is 2.35. The second kappa shape index (κ2) is 4.78. The van der Waals surface area contributed by atoms with E-state index in [4.69, 9.17) is 5.26 Å². The highest BCUT2D eigenvalue weighted by Crippen LogP contribution is 2.15. The van der Waals surface area contributed by atoms with E-state index in [0.29, 0.717) is 11.3 Å². The van der Waals surface area contributed by atoms with Crippen molar-refractivity contribution in [2.75, 3.05) is 5.43 Å². The van der Waals surface area contributed by atoms with Crippen LogP contribution in [0, 0.1) is 24.1 Å². The van der Waals surface area contributed by atoms with Crippen LogP contribution in [0.2, 0.25) is 0 Å². The highest BCUT2D eigenvalue weighted by atomic mass is 19.1. The van der Waals surface area contributed by atoms with Gasteiger partial charge in [0.25, 0.3) is 5.56 Å². The van der Waals surface area contributed by atoms with E-state index in [1.54, 1.807) is 13.0 Å². The number of rotatable bonds is 2. The van der Waals surface area contributed by atoms with E-state index in [0.717, 1.165) is 10.9 Å². The third-order valence-corrected chi connectivity index (χ3v) is 2.49. The molecule has 0 fully saturated rings. The molecule has 2 aromatic rings. The highest BCUT2D eigenvalue weighted by molar-refractivity contribution is 5.50. The van der Waals surface area contributed by atoms with Crippen LogP contribution >= 0.6 is 0 Å². The van der Waals surface area contributed by atoms with Crippen LogP contribution in [0.3, 0.4) is 0 Å². The molecular formula is C12H9FN4O2. The maximum Gasteiger partial charge on any atom is 0.347 e. The number of aromatic amines is 1. The molecule has 6 nitrogen and oxygen atoms in total. The SMILES string of the molecule is Cc1cc(F)ccc1Nn1cc(C#N)c(=O)[nH]c1=O. The molecule has 0 aliphatic carbocycles. The van der Waals surface area contributed by atoms with Crippen molar-refractivity contribution in [2.45, 2.75) is 6.92 Å². The smallest absolute Gasteiger partial charge is 0.290 e. The van der Waals surface area contributed by atoms with Gasteiger partial charge in [-0.15, -0.1) is 0 Å². The van der Waals surface area contributed by atoms with E-state index in [9.17, 15) is 14.0 Å². The quantitative estimate of drug-likeness (QED) is 0.832. The Kier molecular flexibility index (Phi) is 3.16. The molecule has 7 heteroatoms. The average molecular weight is 260 g/mol. The van der Waals surface area contributed by atoms with Gasteiger partial charge < -0.3 is 0 Å². The molecule has 0 saturated carbocycles. The van der Waals surface area contributed by atoms with Crippen molar-refractivity contribution >= 4 is 5.69 Å². The Morgan fingerprint density at radius 1 is 1.42 bits per heavy atom. The number of aryl methyl sites for hydroxylation is 1. The summed E-state index contributed by atoms with van der Waals surface area (Å²) < 4.78 is 13.9. The lowest BCUT2D eigenvalue weighted by Crippen LogP contribution is -2.34. The zero-order valence-electron chi connectivity index (χ0n) is 9.90. The van der Waals surface area contributed by atoms with Gasteiger partial charge in [0.15, 0.2) is 0 Å². The van der Waals surface area contributed by atoms with Gasteiger partial charge in [-0.3, -0.25) is 15.2 Å². The van der Waals surface area contributed by atoms with E-state index >= 15 is 0 Å². The van der Waals surface area contributed by atoms with Crippen LogP contribution in [0.1, 0.15) is 11.1 Å². The Bertz CT molecular complexity index is 786. The molecule has 0 radical (unpaired) electrons. The highest BCUT2D eigenvalue weighted by Gasteiger charge is 2.05. The molecule has 2 rings (SSSR count). The molecule has 1 aromatic carbocycles. The maximum atomic E-state index is 13.0. The standard InChI is InChI=1S/C12H9FN4O2/c1-7-4-9(13)2-3-10(7)16-17-6-8(5-14)11(18)15-12(17)19/h2-4,6,16H,1H3,(H,15,18,19). The van der Waals surface area contributed by atoms with Crippen molar-refractivity contribution in [2.24, 2.45) is 0 Å². The topological polar surface area (TPSA) is 90.7 Å². The number of nitrogens with zero attached hydrogens (tertiary/aromatic N) is 2.